The lowest BCUT2D eigenvalue weighted by Crippen LogP contribution is -2.12. The first-order valence-electron chi connectivity index (χ1n) is 6.93. The average molecular weight is 365 g/mol. The van der Waals surface area contributed by atoms with E-state index >= 15 is 0 Å². The zero-order valence-electron chi connectivity index (χ0n) is 12.5. The molecular weight excluding hydrogens is 352 g/mol. The van der Waals surface area contributed by atoms with Crippen molar-refractivity contribution in [2.75, 3.05) is 5.75 Å². The van der Waals surface area contributed by atoms with Crippen LogP contribution in [0.1, 0.15) is 28.4 Å². The molecule has 0 saturated carbocycles. The van der Waals surface area contributed by atoms with Crippen LogP contribution in [0.15, 0.2) is 30.6 Å². The van der Waals surface area contributed by atoms with E-state index in [0.29, 0.717) is 29.0 Å². The number of aromatic nitrogens is 1. The number of halogens is 6. The molecule has 0 aliphatic heterocycles. The highest BCUT2D eigenvalue weighted by Gasteiger charge is 2.30. The predicted octanol–water partition coefficient (Wildman–Crippen LogP) is 5.58. The topological polar surface area (TPSA) is 12.9 Å². The number of hydrogen-bond acceptors (Lipinski definition) is 2. The largest absolute Gasteiger partial charge is 0.389 e. The van der Waals surface area contributed by atoms with Crippen molar-refractivity contribution in [3.63, 3.8) is 0 Å². The molecule has 0 amide bonds. The fourth-order valence-electron chi connectivity index (χ4n) is 2.15. The van der Waals surface area contributed by atoms with Crippen LogP contribution >= 0.6 is 11.8 Å². The van der Waals surface area contributed by atoms with Crippen LogP contribution in [0, 0.1) is 24.4 Å². The molecule has 0 spiro atoms. The van der Waals surface area contributed by atoms with Gasteiger partial charge in [-0.05, 0) is 36.2 Å². The SMILES string of the molecule is Cc1ccncc1C(SCCC(F)(F)F)c1c(F)ccc(F)c1F. The van der Waals surface area contributed by atoms with Gasteiger partial charge in [-0.3, -0.25) is 4.98 Å². The van der Waals surface area contributed by atoms with Crippen LogP contribution in [0.25, 0.3) is 0 Å². The molecule has 24 heavy (non-hydrogen) atoms. The van der Waals surface area contributed by atoms with Crippen LogP contribution in [0.3, 0.4) is 0 Å². The quantitative estimate of drug-likeness (QED) is 0.507. The number of nitrogens with zero attached hydrogens (tertiary/aromatic N) is 1. The summed E-state index contributed by atoms with van der Waals surface area (Å²) in [5, 5.41) is -1.13. The second-order valence-corrected chi connectivity index (χ2v) is 6.32. The van der Waals surface area contributed by atoms with Gasteiger partial charge < -0.3 is 0 Å². The van der Waals surface area contributed by atoms with Gasteiger partial charge in [-0.25, -0.2) is 13.2 Å². The van der Waals surface area contributed by atoms with Gasteiger partial charge >= 0.3 is 6.18 Å². The number of pyridine rings is 1. The normalized spacial score (nSPS) is 13.1. The first-order chi connectivity index (χ1) is 11.2. The van der Waals surface area contributed by atoms with Crippen molar-refractivity contribution in [3.05, 3.63) is 64.7 Å². The van der Waals surface area contributed by atoms with Gasteiger partial charge in [-0.1, -0.05) is 0 Å². The van der Waals surface area contributed by atoms with E-state index < -0.39 is 46.6 Å². The summed E-state index contributed by atoms with van der Waals surface area (Å²) >= 11 is 0.699. The molecular formula is C16H13F6NS. The molecule has 1 atom stereocenters. The van der Waals surface area contributed by atoms with Gasteiger partial charge in [0.2, 0.25) is 0 Å². The minimum absolute atomic E-state index is 0.341. The lowest BCUT2D eigenvalue weighted by Gasteiger charge is -2.21. The van der Waals surface area contributed by atoms with E-state index in [4.69, 9.17) is 0 Å². The highest BCUT2D eigenvalue weighted by Crippen LogP contribution is 2.41. The summed E-state index contributed by atoms with van der Waals surface area (Å²) < 4.78 is 78.9. The van der Waals surface area contributed by atoms with E-state index in [1.54, 1.807) is 13.0 Å². The Balaban J connectivity index is 2.44. The zero-order valence-corrected chi connectivity index (χ0v) is 13.3. The molecule has 0 N–H and O–H groups in total. The molecule has 8 heteroatoms. The van der Waals surface area contributed by atoms with Crippen LogP contribution < -0.4 is 0 Å². The van der Waals surface area contributed by atoms with Gasteiger partial charge in [0, 0.05) is 23.7 Å². The molecule has 130 valence electrons. The number of aryl methyl sites for hydroxylation is 1. The molecule has 2 rings (SSSR count). The first-order valence-corrected chi connectivity index (χ1v) is 7.98. The Morgan fingerprint density at radius 3 is 2.38 bits per heavy atom. The van der Waals surface area contributed by atoms with Gasteiger partial charge in [0.1, 0.15) is 5.82 Å². The maximum atomic E-state index is 14.1. The van der Waals surface area contributed by atoms with Gasteiger partial charge in [0.05, 0.1) is 11.7 Å². The number of thioether (sulfide) groups is 1. The highest BCUT2D eigenvalue weighted by molar-refractivity contribution is 7.99. The number of alkyl halides is 3. The molecule has 2 aromatic rings. The summed E-state index contributed by atoms with van der Waals surface area (Å²) in [7, 11) is 0. The molecule has 1 aromatic carbocycles. The van der Waals surface area contributed by atoms with Gasteiger partial charge in [-0.2, -0.15) is 13.2 Å². The van der Waals surface area contributed by atoms with E-state index in [-0.39, 0.29) is 0 Å². The summed E-state index contributed by atoms with van der Waals surface area (Å²) in [5.74, 6) is -4.09. The predicted molar refractivity (Wildman–Crippen MR) is 80.3 cm³/mol. The van der Waals surface area contributed by atoms with Gasteiger partial charge in [-0.15, -0.1) is 11.8 Å². The zero-order chi connectivity index (χ0) is 17.9. The Morgan fingerprint density at radius 2 is 1.75 bits per heavy atom. The molecule has 1 aromatic heterocycles. The summed E-state index contributed by atoms with van der Waals surface area (Å²) in [5.41, 5.74) is 0.337. The third kappa shape index (κ3) is 4.43. The number of benzene rings is 1. The van der Waals surface area contributed by atoms with E-state index in [0.717, 1.165) is 6.07 Å². The minimum Gasteiger partial charge on any atom is -0.264 e. The summed E-state index contributed by atoms with van der Waals surface area (Å²) in [6.45, 7) is 1.64. The lowest BCUT2D eigenvalue weighted by atomic mass is 10.0. The smallest absolute Gasteiger partial charge is 0.264 e. The number of hydrogen-bond donors (Lipinski definition) is 0. The second-order valence-electron chi connectivity index (χ2n) is 5.11. The van der Waals surface area contributed by atoms with Crippen LogP contribution in [0.2, 0.25) is 0 Å². The molecule has 0 radical (unpaired) electrons. The van der Waals surface area contributed by atoms with Crippen LogP contribution in [-0.2, 0) is 0 Å². The van der Waals surface area contributed by atoms with Crippen molar-refractivity contribution < 1.29 is 26.3 Å². The Hall–Kier alpha value is -1.70. The minimum atomic E-state index is -4.39. The molecule has 0 aliphatic carbocycles. The monoisotopic (exact) mass is 365 g/mol. The average Bonchev–Trinajstić information content (AvgIpc) is 2.49. The van der Waals surface area contributed by atoms with Crippen molar-refractivity contribution in [1.29, 1.82) is 0 Å². The van der Waals surface area contributed by atoms with Crippen LogP contribution in [0.5, 0.6) is 0 Å². The number of rotatable bonds is 5. The van der Waals surface area contributed by atoms with Gasteiger partial charge in [0.15, 0.2) is 11.6 Å². The molecule has 0 bridgehead atoms. The van der Waals surface area contributed by atoms with Gasteiger partial charge in [0.25, 0.3) is 0 Å². The lowest BCUT2D eigenvalue weighted by molar-refractivity contribution is -0.129. The summed E-state index contributed by atoms with van der Waals surface area (Å²) in [6, 6.07) is 2.97. The molecule has 1 nitrogen and oxygen atoms in total. The van der Waals surface area contributed by atoms with Crippen molar-refractivity contribution in [2.45, 2.75) is 24.8 Å². The van der Waals surface area contributed by atoms with Crippen LogP contribution in [-0.4, -0.2) is 16.9 Å². The molecule has 0 aliphatic rings. The van der Waals surface area contributed by atoms with E-state index in [1.807, 2.05) is 0 Å². The third-order valence-electron chi connectivity index (χ3n) is 3.37. The molecule has 0 fully saturated rings. The molecule has 0 saturated heterocycles. The Labute approximate surface area is 139 Å². The fraction of sp³-hybridized carbons (Fsp3) is 0.312. The van der Waals surface area contributed by atoms with Crippen molar-refractivity contribution in [1.82, 2.24) is 4.98 Å². The highest BCUT2D eigenvalue weighted by atomic mass is 32.2. The summed E-state index contributed by atoms with van der Waals surface area (Å²) in [4.78, 5) is 3.86. The van der Waals surface area contributed by atoms with Crippen LogP contribution in [0.4, 0.5) is 26.3 Å². The molecule has 1 heterocycles. The Bertz CT molecular complexity index is 716. The standard InChI is InChI=1S/C16H13F6NS/c1-9-4-6-23-8-10(9)15(24-7-5-16(20,21)22)13-11(17)2-3-12(18)14(13)19/h2-4,6,8,15H,5,7H2,1H3. The third-order valence-corrected chi connectivity index (χ3v) is 4.64. The maximum absolute atomic E-state index is 14.1. The van der Waals surface area contributed by atoms with Crippen molar-refractivity contribution in [2.24, 2.45) is 0 Å². The van der Waals surface area contributed by atoms with Crippen molar-refractivity contribution in [3.8, 4) is 0 Å². The maximum Gasteiger partial charge on any atom is 0.389 e. The Kier molecular flexibility index (Phi) is 5.79. The molecule has 1 unspecified atom stereocenters. The Morgan fingerprint density at radius 1 is 1.08 bits per heavy atom. The van der Waals surface area contributed by atoms with E-state index in [9.17, 15) is 26.3 Å². The van der Waals surface area contributed by atoms with Crippen molar-refractivity contribution >= 4 is 11.8 Å². The van der Waals surface area contributed by atoms with E-state index in [2.05, 4.69) is 4.98 Å². The first kappa shape index (κ1) is 18.6. The summed E-state index contributed by atoms with van der Waals surface area (Å²) in [6.07, 6.45) is -2.73. The fourth-order valence-corrected chi connectivity index (χ4v) is 3.55. The van der Waals surface area contributed by atoms with E-state index in [1.165, 1.54) is 12.4 Å². The second kappa shape index (κ2) is 7.46.